The third kappa shape index (κ3) is 3.52. The average molecular weight is 522 g/mol. The molecule has 0 N–H and O–H groups in total. The van der Waals surface area contributed by atoms with Crippen LogP contribution < -0.4 is 0 Å². The highest BCUT2D eigenvalue weighted by Gasteiger charge is 2.20. The molecular weight excluding hydrogens is 498 g/mol. The number of benzene rings is 2. The molecule has 0 saturated heterocycles. The molecule has 186 valence electrons. The first-order valence-electron chi connectivity index (χ1n) is 13.1. The Morgan fingerprint density at radius 3 is 2.49 bits per heavy atom. The van der Waals surface area contributed by atoms with Gasteiger partial charge in [0.05, 0.1) is 34.6 Å². The van der Waals surface area contributed by atoms with E-state index < -0.39 is 0 Å². The van der Waals surface area contributed by atoms with E-state index in [0.717, 1.165) is 45.2 Å². The fraction of sp³-hybridized carbons (Fsp3) is 0.0909. The predicted molar refractivity (Wildman–Crippen MR) is 161 cm³/mol. The van der Waals surface area contributed by atoms with Crippen LogP contribution in [0.2, 0.25) is 0 Å². The largest absolute Gasteiger partial charge is 0.305 e. The topological polar surface area (TPSA) is 56.5 Å². The van der Waals surface area contributed by atoms with Crippen molar-refractivity contribution >= 4 is 59.0 Å². The Kier molecular flexibility index (Phi) is 4.97. The molecule has 2 aromatic carbocycles. The summed E-state index contributed by atoms with van der Waals surface area (Å²) in [5.41, 5.74) is 7.50. The molecule has 0 aliphatic heterocycles. The molecule has 1 atom stereocenters. The van der Waals surface area contributed by atoms with Gasteiger partial charge in [-0.05, 0) is 59.9 Å². The van der Waals surface area contributed by atoms with Gasteiger partial charge in [-0.25, -0.2) is 9.97 Å². The van der Waals surface area contributed by atoms with Crippen molar-refractivity contribution in [3.63, 3.8) is 0 Å². The van der Waals surface area contributed by atoms with Gasteiger partial charge < -0.3 is 4.57 Å². The number of rotatable bonds is 3. The molecule has 7 aromatic rings. The summed E-state index contributed by atoms with van der Waals surface area (Å²) < 4.78 is 4.82. The van der Waals surface area contributed by atoms with Gasteiger partial charge in [0.1, 0.15) is 0 Å². The first kappa shape index (κ1) is 22.3. The predicted octanol–water partition coefficient (Wildman–Crippen LogP) is 8.38. The van der Waals surface area contributed by atoms with E-state index in [-0.39, 0.29) is 0 Å². The lowest BCUT2D eigenvalue weighted by atomic mass is 9.89. The van der Waals surface area contributed by atoms with Gasteiger partial charge in [0.25, 0.3) is 0 Å². The number of hydrogen-bond donors (Lipinski definition) is 0. The van der Waals surface area contributed by atoms with Crippen LogP contribution >= 0.6 is 11.3 Å². The van der Waals surface area contributed by atoms with E-state index in [0.29, 0.717) is 11.7 Å². The maximum atomic E-state index is 5.07. The van der Waals surface area contributed by atoms with Crippen molar-refractivity contribution in [2.45, 2.75) is 13.3 Å². The van der Waals surface area contributed by atoms with Crippen LogP contribution in [0.15, 0.2) is 104 Å². The molecule has 0 radical (unpaired) electrons. The molecule has 5 nitrogen and oxygen atoms in total. The Labute approximate surface area is 228 Å². The zero-order valence-electron chi connectivity index (χ0n) is 21.2. The van der Waals surface area contributed by atoms with Crippen LogP contribution in [-0.2, 0) is 0 Å². The molecule has 0 fully saturated rings. The van der Waals surface area contributed by atoms with Crippen LogP contribution in [0.25, 0.3) is 64.8 Å². The van der Waals surface area contributed by atoms with Crippen molar-refractivity contribution in [2.75, 3.05) is 0 Å². The minimum absolute atomic E-state index is 0.451. The molecule has 0 saturated carbocycles. The lowest BCUT2D eigenvalue weighted by Gasteiger charge is -2.17. The minimum atomic E-state index is 0.451. The molecular formula is C33H23N5S. The number of fused-ring (bicyclic) bond motifs is 6. The van der Waals surface area contributed by atoms with Gasteiger partial charge >= 0.3 is 0 Å². The lowest BCUT2D eigenvalue weighted by molar-refractivity contribution is 0.758. The molecule has 8 rings (SSSR count). The standard InChI is InChI=1S/C33H23N5S/c1-20-6-2-3-7-24(20)22-14-29-32(35-17-22)27-15-26-25-8-4-5-9-30(25)39-31(26)16-28(27)38(29)23-18-36-33(37-19-23)21-10-12-34-13-11-21/h2-5,7-20H,6H2,1H3. The summed E-state index contributed by atoms with van der Waals surface area (Å²) >= 11 is 1.83. The highest BCUT2D eigenvalue weighted by Crippen LogP contribution is 2.41. The highest BCUT2D eigenvalue weighted by atomic mass is 32.1. The Hall–Kier alpha value is -4.68. The molecule has 0 bridgehead atoms. The smallest absolute Gasteiger partial charge is 0.159 e. The third-order valence-electron chi connectivity index (χ3n) is 7.70. The van der Waals surface area contributed by atoms with E-state index in [9.17, 15) is 0 Å². The van der Waals surface area contributed by atoms with Crippen LogP contribution in [-0.4, -0.2) is 24.5 Å². The van der Waals surface area contributed by atoms with E-state index >= 15 is 0 Å². The fourth-order valence-electron chi connectivity index (χ4n) is 5.75. The van der Waals surface area contributed by atoms with Crippen LogP contribution in [0, 0.1) is 5.92 Å². The van der Waals surface area contributed by atoms with E-state index in [2.05, 4.69) is 77.2 Å². The van der Waals surface area contributed by atoms with Gasteiger partial charge in [-0.1, -0.05) is 43.4 Å². The van der Waals surface area contributed by atoms with E-state index in [1.165, 1.54) is 25.7 Å². The molecule has 0 amide bonds. The number of aromatic nitrogens is 5. The first-order chi connectivity index (χ1) is 19.2. The number of hydrogen-bond acceptors (Lipinski definition) is 5. The van der Waals surface area contributed by atoms with E-state index in [1.807, 2.05) is 42.1 Å². The second-order valence-corrected chi connectivity index (χ2v) is 11.2. The summed E-state index contributed by atoms with van der Waals surface area (Å²) in [4.78, 5) is 18.7. The van der Waals surface area contributed by atoms with Crippen LogP contribution in [0.1, 0.15) is 18.9 Å². The maximum absolute atomic E-state index is 5.07. The second-order valence-electron chi connectivity index (χ2n) is 10.1. The molecule has 1 aliphatic rings. The Morgan fingerprint density at radius 2 is 1.64 bits per heavy atom. The monoisotopic (exact) mass is 521 g/mol. The fourth-order valence-corrected chi connectivity index (χ4v) is 6.87. The first-order valence-corrected chi connectivity index (χ1v) is 13.9. The van der Waals surface area contributed by atoms with Crippen molar-refractivity contribution in [3.8, 4) is 17.1 Å². The van der Waals surface area contributed by atoms with E-state index in [1.54, 1.807) is 12.4 Å². The molecule has 1 aliphatic carbocycles. The minimum Gasteiger partial charge on any atom is -0.305 e. The summed E-state index contributed by atoms with van der Waals surface area (Å²) in [6.07, 6.45) is 17.0. The normalized spacial score (nSPS) is 15.5. The Balaban J connectivity index is 1.41. The zero-order chi connectivity index (χ0) is 25.9. The zero-order valence-corrected chi connectivity index (χ0v) is 22.1. The molecule has 0 spiro atoms. The molecule has 5 heterocycles. The molecule has 1 unspecified atom stereocenters. The number of pyridine rings is 2. The van der Waals surface area contributed by atoms with Gasteiger partial charge in [0.15, 0.2) is 5.82 Å². The van der Waals surface area contributed by atoms with Gasteiger partial charge in [0, 0.05) is 49.7 Å². The van der Waals surface area contributed by atoms with Gasteiger partial charge in [0.2, 0.25) is 0 Å². The van der Waals surface area contributed by atoms with Gasteiger partial charge in [-0.2, -0.15) is 0 Å². The molecule has 5 aromatic heterocycles. The number of thiophene rings is 1. The second kappa shape index (κ2) is 8.68. The van der Waals surface area contributed by atoms with E-state index in [4.69, 9.17) is 15.0 Å². The van der Waals surface area contributed by atoms with Crippen molar-refractivity contribution in [1.29, 1.82) is 0 Å². The lowest BCUT2D eigenvalue weighted by Crippen LogP contribution is -2.02. The average Bonchev–Trinajstić information content (AvgIpc) is 3.51. The van der Waals surface area contributed by atoms with Crippen molar-refractivity contribution in [2.24, 2.45) is 5.92 Å². The molecule has 39 heavy (non-hydrogen) atoms. The van der Waals surface area contributed by atoms with Crippen molar-refractivity contribution < 1.29 is 0 Å². The SMILES string of the molecule is CC1CC=CC=C1c1cnc2c3cc4c(cc3n(-c3cnc(-c5ccncc5)nc3)c2c1)sc1ccccc14. The summed E-state index contributed by atoms with van der Waals surface area (Å²) in [6.45, 7) is 2.28. The van der Waals surface area contributed by atoms with Crippen molar-refractivity contribution in [3.05, 3.63) is 109 Å². The third-order valence-corrected chi connectivity index (χ3v) is 8.83. The summed E-state index contributed by atoms with van der Waals surface area (Å²) in [5.74, 6) is 1.13. The van der Waals surface area contributed by atoms with Gasteiger partial charge in [-0.15, -0.1) is 11.3 Å². The summed E-state index contributed by atoms with van der Waals surface area (Å²) in [7, 11) is 0. The number of nitrogens with zero attached hydrogens (tertiary/aromatic N) is 5. The highest BCUT2D eigenvalue weighted by molar-refractivity contribution is 7.25. The quantitative estimate of drug-likeness (QED) is 0.234. The Morgan fingerprint density at radius 1 is 0.795 bits per heavy atom. The van der Waals surface area contributed by atoms with Crippen LogP contribution in [0.5, 0.6) is 0 Å². The van der Waals surface area contributed by atoms with Gasteiger partial charge in [-0.3, -0.25) is 9.97 Å². The summed E-state index contributed by atoms with van der Waals surface area (Å²) in [5, 5.41) is 3.69. The maximum Gasteiger partial charge on any atom is 0.159 e. The van der Waals surface area contributed by atoms with Crippen LogP contribution in [0.4, 0.5) is 0 Å². The van der Waals surface area contributed by atoms with Crippen molar-refractivity contribution in [1.82, 2.24) is 24.5 Å². The summed E-state index contributed by atoms with van der Waals surface area (Å²) in [6, 6.07) is 19.4. The molecule has 6 heteroatoms. The van der Waals surface area contributed by atoms with Crippen LogP contribution in [0.3, 0.4) is 0 Å². The Bertz CT molecular complexity index is 2100. The number of allylic oxidation sites excluding steroid dienone is 4.